The first-order valence-electron chi connectivity index (χ1n) is 6.29. The first-order chi connectivity index (χ1) is 8.92. The Kier molecular flexibility index (Phi) is 2.04. The third-order valence-corrected chi connectivity index (χ3v) is 3.69. The van der Waals surface area contributed by atoms with E-state index < -0.39 is 0 Å². The maximum absolute atomic E-state index is 6.00. The molecule has 2 aromatic carbocycles. The monoisotopic (exact) mass is 235 g/mol. The molecule has 18 heavy (non-hydrogen) atoms. The zero-order valence-corrected chi connectivity index (χ0v) is 9.91. The van der Waals surface area contributed by atoms with Crippen molar-refractivity contribution in [3.05, 3.63) is 71.3 Å². The third kappa shape index (κ3) is 1.39. The zero-order valence-electron chi connectivity index (χ0n) is 9.91. The molecule has 0 amide bonds. The van der Waals surface area contributed by atoms with E-state index in [-0.39, 0.29) is 12.1 Å². The van der Waals surface area contributed by atoms with Crippen molar-refractivity contribution in [3.63, 3.8) is 0 Å². The van der Waals surface area contributed by atoms with Gasteiger partial charge in [-0.2, -0.15) is 0 Å². The molecule has 0 fully saturated rings. The Bertz CT molecular complexity index is 618. The Morgan fingerprint density at radius 2 is 1.72 bits per heavy atom. The van der Waals surface area contributed by atoms with E-state index in [0.29, 0.717) is 0 Å². The summed E-state index contributed by atoms with van der Waals surface area (Å²) < 4.78 is 6.00. The van der Waals surface area contributed by atoms with Crippen molar-refractivity contribution in [3.8, 4) is 0 Å². The SMILES string of the molecule is c1ccc(C2=N[C@H]3c4ccccc4C[C@@H]3O2)cc1. The molecule has 0 bridgehead atoms. The van der Waals surface area contributed by atoms with Crippen LogP contribution in [-0.4, -0.2) is 12.0 Å². The average Bonchev–Trinajstić information content (AvgIpc) is 2.97. The van der Waals surface area contributed by atoms with Gasteiger partial charge in [0.05, 0.1) is 0 Å². The Balaban J connectivity index is 1.74. The van der Waals surface area contributed by atoms with Crippen LogP contribution in [0.3, 0.4) is 0 Å². The summed E-state index contributed by atoms with van der Waals surface area (Å²) >= 11 is 0. The number of hydrogen-bond donors (Lipinski definition) is 0. The van der Waals surface area contributed by atoms with Gasteiger partial charge in [-0.15, -0.1) is 0 Å². The van der Waals surface area contributed by atoms with Gasteiger partial charge >= 0.3 is 0 Å². The van der Waals surface area contributed by atoms with Gasteiger partial charge in [0.15, 0.2) is 0 Å². The van der Waals surface area contributed by atoms with Crippen molar-refractivity contribution in [1.29, 1.82) is 0 Å². The van der Waals surface area contributed by atoms with Crippen LogP contribution in [0.15, 0.2) is 59.6 Å². The summed E-state index contributed by atoms with van der Waals surface area (Å²) in [5, 5.41) is 0. The van der Waals surface area contributed by atoms with Crippen LogP contribution in [-0.2, 0) is 11.2 Å². The highest BCUT2D eigenvalue weighted by atomic mass is 16.5. The van der Waals surface area contributed by atoms with Crippen molar-refractivity contribution in [2.24, 2.45) is 4.99 Å². The van der Waals surface area contributed by atoms with Crippen LogP contribution < -0.4 is 0 Å². The largest absolute Gasteiger partial charge is 0.471 e. The number of rotatable bonds is 1. The minimum absolute atomic E-state index is 0.191. The van der Waals surface area contributed by atoms with Gasteiger partial charge in [0.1, 0.15) is 12.1 Å². The molecule has 0 saturated heterocycles. The Labute approximate surface area is 106 Å². The molecule has 2 nitrogen and oxygen atoms in total. The summed E-state index contributed by atoms with van der Waals surface area (Å²) in [7, 11) is 0. The van der Waals surface area contributed by atoms with Crippen molar-refractivity contribution >= 4 is 5.90 Å². The molecule has 2 aromatic rings. The Morgan fingerprint density at radius 1 is 0.944 bits per heavy atom. The van der Waals surface area contributed by atoms with Gasteiger partial charge in [0.2, 0.25) is 5.90 Å². The minimum Gasteiger partial charge on any atom is -0.471 e. The minimum atomic E-state index is 0.191. The van der Waals surface area contributed by atoms with Crippen molar-refractivity contribution in [2.75, 3.05) is 0 Å². The van der Waals surface area contributed by atoms with Gasteiger partial charge in [-0.25, -0.2) is 4.99 Å². The number of fused-ring (bicyclic) bond motifs is 3. The molecule has 4 rings (SSSR count). The molecule has 0 aromatic heterocycles. The quantitative estimate of drug-likeness (QED) is 0.744. The van der Waals surface area contributed by atoms with Crippen molar-refractivity contribution < 1.29 is 4.74 Å². The fraction of sp³-hybridized carbons (Fsp3) is 0.188. The van der Waals surface area contributed by atoms with E-state index in [1.54, 1.807) is 0 Å². The van der Waals surface area contributed by atoms with Crippen molar-refractivity contribution in [1.82, 2.24) is 0 Å². The number of ether oxygens (including phenoxy) is 1. The van der Waals surface area contributed by atoms with Crippen LogP contribution in [0.25, 0.3) is 0 Å². The van der Waals surface area contributed by atoms with E-state index in [9.17, 15) is 0 Å². The van der Waals surface area contributed by atoms with E-state index in [4.69, 9.17) is 9.73 Å². The normalized spacial score (nSPS) is 24.1. The van der Waals surface area contributed by atoms with Crippen LogP contribution in [0.2, 0.25) is 0 Å². The van der Waals surface area contributed by atoms with Gasteiger partial charge in [-0.05, 0) is 23.3 Å². The lowest BCUT2D eigenvalue weighted by atomic mass is 10.1. The standard InChI is InChI=1S/C16H13NO/c1-2-6-11(7-3-1)16-17-15-13-9-5-4-8-12(13)10-14(15)18-16/h1-9,14-15H,10H2/t14-,15-/m0/s1. The van der Waals surface area contributed by atoms with E-state index >= 15 is 0 Å². The molecule has 88 valence electrons. The molecule has 0 saturated carbocycles. The predicted octanol–water partition coefficient (Wildman–Crippen LogP) is 3.13. The summed E-state index contributed by atoms with van der Waals surface area (Å²) in [5.41, 5.74) is 3.78. The highest BCUT2D eigenvalue weighted by Crippen LogP contribution is 2.40. The lowest BCUT2D eigenvalue weighted by Crippen LogP contribution is -2.13. The van der Waals surface area contributed by atoms with Crippen LogP contribution in [0, 0.1) is 0 Å². The molecule has 1 aliphatic heterocycles. The van der Waals surface area contributed by atoms with Gasteiger partial charge < -0.3 is 4.74 Å². The molecule has 2 atom stereocenters. The number of hydrogen-bond acceptors (Lipinski definition) is 2. The first kappa shape index (κ1) is 9.89. The maximum atomic E-state index is 6.00. The molecule has 0 spiro atoms. The van der Waals surface area contributed by atoms with Gasteiger partial charge in [0, 0.05) is 12.0 Å². The summed E-state index contributed by atoms with van der Waals surface area (Å²) in [6, 6.07) is 18.8. The van der Waals surface area contributed by atoms with Crippen LogP contribution >= 0.6 is 0 Å². The second-order valence-electron chi connectivity index (χ2n) is 4.80. The lowest BCUT2D eigenvalue weighted by Gasteiger charge is -2.08. The van der Waals surface area contributed by atoms with Crippen LogP contribution in [0.1, 0.15) is 22.7 Å². The van der Waals surface area contributed by atoms with Gasteiger partial charge in [-0.1, -0.05) is 42.5 Å². The number of benzene rings is 2. The second kappa shape index (κ2) is 3.70. The maximum Gasteiger partial charge on any atom is 0.217 e. The molecule has 0 N–H and O–H groups in total. The predicted molar refractivity (Wildman–Crippen MR) is 70.7 cm³/mol. The average molecular weight is 235 g/mol. The van der Waals surface area contributed by atoms with E-state index in [1.807, 2.05) is 30.3 Å². The third-order valence-electron chi connectivity index (χ3n) is 3.69. The van der Waals surface area contributed by atoms with E-state index in [2.05, 4.69) is 24.3 Å². The summed E-state index contributed by atoms with van der Waals surface area (Å²) in [5.74, 6) is 0.792. The summed E-state index contributed by atoms with van der Waals surface area (Å²) in [6.45, 7) is 0. The number of aliphatic imine (C=N–C) groups is 1. The fourth-order valence-corrected chi connectivity index (χ4v) is 2.82. The highest BCUT2D eigenvalue weighted by Gasteiger charge is 2.39. The van der Waals surface area contributed by atoms with Gasteiger partial charge in [0.25, 0.3) is 0 Å². The molecular formula is C16H13NO. The second-order valence-corrected chi connectivity index (χ2v) is 4.80. The molecule has 2 heteroatoms. The molecule has 1 heterocycles. The molecular weight excluding hydrogens is 222 g/mol. The van der Waals surface area contributed by atoms with Crippen LogP contribution in [0.5, 0.6) is 0 Å². The zero-order chi connectivity index (χ0) is 11.9. The Morgan fingerprint density at radius 3 is 2.61 bits per heavy atom. The summed E-state index contributed by atoms with van der Waals surface area (Å²) in [6.07, 6.45) is 1.17. The Hall–Kier alpha value is -2.09. The molecule has 2 aliphatic rings. The fourth-order valence-electron chi connectivity index (χ4n) is 2.82. The van der Waals surface area contributed by atoms with E-state index in [1.165, 1.54) is 11.1 Å². The number of nitrogens with zero attached hydrogens (tertiary/aromatic N) is 1. The molecule has 1 aliphatic carbocycles. The van der Waals surface area contributed by atoms with Crippen LogP contribution in [0.4, 0.5) is 0 Å². The smallest absolute Gasteiger partial charge is 0.217 e. The van der Waals surface area contributed by atoms with E-state index in [0.717, 1.165) is 17.9 Å². The summed E-state index contributed by atoms with van der Waals surface area (Å²) in [4.78, 5) is 4.76. The molecule has 0 radical (unpaired) electrons. The van der Waals surface area contributed by atoms with Gasteiger partial charge in [-0.3, -0.25) is 0 Å². The topological polar surface area (TPSA) is 21.6 Å². The first-order valence-corrected chi connectivity index (χ1v) is 6.29. The lowest BCUT2D eigenvalue weighted by molar-refractivity contribution is 0.206. The highest BCUT2D eigenvalue weighted by molar-refractivity contribution is 5.95. The molecule has 0 unspecified atom stereocenters. The van der Waals surface area contributed by atoms with Crippen molar-refractivity contribution in [2.45, 2.75) is 18.6 Å².